The summed E-state index contributed by atoms with van der Waals surface area (Å²) in [5, 5.41) is 25.9. The van der Waals surface area contributed by atoms with Gasteiger partial charge in [-0.15, -0.1) is 0 Å². The molecule has 0 saturated heterocycles. The van der Waals surface area contributed by atoms with Crippen molar-refractivity contribution in [3.8, 4) is 0 Å². The zero-order chi connectivity index (χ0) is 11.1. The number of aliphatic carboxylic acids is 2. The number of aliphatic hydroxyl groups excluding tert-OH is 1. The average Bonchev–Trinajstić information content (AvgIpc) is 2.03. The molecule has 0 radical (unpaired) electrons. The van der Waals surface area contributed by atoms with Crippen LogP contribution in [0.25, 0.3) is 0 Å². The van der Waals surface area contributed by atoms with Crippen LogP contribution < -0.4 is 0 Å². The number of carboxylic acid groups (broad SMARTS) is 2. The second-order valence-electron chi connectivity index (χ2n) is 2.85. The number of hydrogen-bond acceptors (Lipinski definition) is 4. The number of hydrogen-bond donors (Lipinski definition) is 3. The van der Waals surface area contributed by atoms with E-state index < -0.39 is 18.0 Å². The zero-order valence-electron chi connectivity index (χ0n) is 8.01. The first kappa shape index (κ1) is 12.9. The molecule has 0 aromatic heterocycles. The molecule has 1 atom stereocenters. The standard InChI is InChI=1S/C8H15NO5/c1-2-6(8(13)14)9(3-4-10)5-7(11)12/h6,10H,2-5H2,1H3,(H,11,12)(H,13,14). The molecule has 1 unspecified atom stereocenters. The summed E-state index contributed by atoms with van der Waals surface area (Å²) < 4.78 is 0. The molecule has 82 valence electrons. The molecule has 6 nitrogen and oxygen atoms in total. The Hall–Kier alpha value is -1.14. The third-order valence-corrected chi connectivity index (χ3v) is 1.84. The normalized spacial score (nSPS) is 12.8. The van der Waals surface area contributed by atoms with E-state index in [0.717, 1.165) is 0 Å². The molecule has 0 aromatic carbocycles. The van der Waals surface area contributed by atoms with Crippen molar-refractivity contribution in [1.29, 1.82) is 0 Å². The zero-order valence-corrected chi connectivity index (χ0v) is 8.01. The summed E-state index contributed by atoms with van der Waals surface area (Å²) in [6.07, 6.45) is 0.308. The van der Waals surface area contributed by atoms with Gasteiger partial charge in [0.25, 0.3) is 0 Å². The van der Waals surface area contributed by atoms with Gasteiger partial charge in [0.2, 0.25) is 0 Å². The molecule has 0 spiro atoms. The summed E-state index contributed by atoms with van der Waals surface area (Å²) in [5.41, 5.74) is 0. The average molecular weight is 205 g/mol. The third kappa shape index (κ3) is 4.20. The third-order valence-electron chi connectivity index (χ3n) is 1.84. The predicted octanol–water partition coefficient (Wildman–Crippen LogP) is -0.771. The highest BCUT2D eigenvalue weighted by Gasteiger charge is 2.24. The molecule has 0 saturated carbocycles. The Morgan fingerprint density at radius 2 is 1.93 bits per heavy atom. The van der Waals surface area contributed by atoms with Crippen LogP contribution >= 0.6 is 0 Å². The van der Waals surface area contributed by atoms with Gasteiger partial charge in [-0.1, -0.05) is 6.92 Å². The maximum Gasteiger partial charge on any atom is 0.320 e. The molecule has 0 amide bonds. The van der Waals surface area contributed by atoms with Crippen molar-refractivity contribution in [2.24, 2.45) is 0 Å². The van der Waals surface area contributed by atoms with Gasteiger partial charge in [-0.2, -0.15) is 0 Å². The van der Waals surface area contributed by atoms with Gasteiger partial charge in [0.05, 0.1) is 13.2 Å². The minimum Gasteiger partial charge on any atom is -0.480 e. The predicted molar refractivity (Wildman–Crippen MR) is 48.0 cm³/mol. The minimum atomic E-state index is -1.10. The van der Waals surface area contributed by atoms with Crippen LogP contribution in [0.5, 0.6) is 0 Å². The molecular formula is C8H15NO5. The Morgan fingerprint density at radius 3 is 2.21 bits per heavy atom. The molecule has 14 heavy (non-hydrogen) atoms. The molecule has 0 rings (SSSR count). The fraction of sp³-hybridized carbons (Fsp3) is 0.750. The van der Waals surface area contributed by atoms with Gasteiger partial charge in [-0.25, -0.2) is 0 Å². The van der Waals surface area contributed by atoms with E-state index in [4.69, 9.17) is 15.3 Å². The van der Waals surface area contributed by atoms with E-state index in [2.05, 4.69) is 0 Å². The first-order chi connectivity index (χ1) is 6.52. The molecule has 3 N–H and O–H groups in total. The summed E-state index contributed by atoms with van der Waals surface area (Å²) in [7, 11) is 0. The van der Waals surface area contributed by atoms with Gasteiger partial charge in [0.1, 0.15) is 6.04 Å². The lowest BCUT2D eigenvalue weighted by Crippen LogP contribution is -2.45. The summed E-state index contributed by atoms with van der Waals surface area (Å²) in [6, 6.07) is -0.849. The van der Waals surface area contributed by atoms with E-state index in [-0.39, 0.29) is 19.7 Å². The van der Waals surface area contributed by atoms with Gasteiger partial charge in [0.15, 0.2) is 0 Å². The molecular weight excluding hydrogens is 190 g/mol. The molecule has 6 heteroatoms. The largest absolute Gasteiger partial charge is 0.480 e. The van der Waals surface area contributed by atoms with E-state index in [1.165, 1.54) is 4.90 Å². The fourth-order valence-corrected chi connectivity index (χ4v) is 1.24. The SMILES string of the molecule is CCC(C(=O)O)N(CCO)CC(=O)O. The number of carboxylic acids is 2. The van der Waals surface area contributed by atoms with Crippen LogP contribution in [0.15, 0.2) is 0 Å². The highest BCUT2D eigenvalue weighted by Crippen LogP contribution is 2.03. The van der Waals surface area contributed by atoms with E-state index in [9.17, 15) is 9.59 Å². The molecule has 0 aliphatic carbocycles. The lowest BCUT2D eigenvalue weighted by Gasteiger charge is -2.25. The second kappa shape index (κ2) is 6.33. The van der Waals surface area contributed by atoms with E-state index in [0.29, 0.717) is 6.42 Å². The van der Waals surface area contributed by atoms with Crippen LogP contribution in [0.4, 0.5) is 0 Å². The maximum absolute atomic E-state index is 10.7. The van der Waals surface area contributed by atoms with Crippen molar-refractivity contribution in [1.82, 2.24) is 4.90 Å². The maximum atomic E-state index is 10.7. The van der Waals surface area contributed by atoms with Crippen LogP contribution in [0.1, 0.15) is 13.3 Å². The van der Waals surface area contributed by atoms with E-state index in [1.807, 2.05) is 0 Å². The molecule has 0 aliphatic heterocycles. The van der Waals surface area contributed by atoms with Crippen LogP contribution in [-0.2, 0) is 9.59 Å². The minimum absolute atomic E-state index is 0.0527. The Labute approximate surface area is 81.8 Å². The summed E-state index contributed by atoms with van der Waals surface area (Å²) >= 11 is 0. The van der Waals surface area contributed by atoms with Crippen LogP contribution in [0.3, 0.4) is 0 Å². The number of aliphatic hydroxyl groups is 1. The molecule has 0 aromatic rings. The number of carbonyl (C=O) groups is 2. The summed E-state index contributed by atoms with van der Waals surface area (Å²) in [4.78, 5) is 22.4. The molecule has 0 aliphatic rings. The highest BCUT2D eigenvalue weighted by molar-refractivity contribution is 5.75. The monoisotopic (exact) mass is 205 g/mol. The highest BCUT2D eigenvalue weighted by atomic mass is 16.4. The van der Waals surface area contributed by atoms with Gasteiger partial charge in [-0.05, 0) is 6.42 Å². The van der Waals surface area contributed by atoms with Crippen LogP contribution in [0, 0.1) is 0 Å². The Morgan fingerprint density at radius 1 is 1.36 bits per heavy atom. The van der Waals surface area contributed by atoms with Crippen molar-refractivity contribution in [3.63, 3.8) is 0 Å². The van der Waals surface area contributed by atoms with Gasteiger partial charge in [-0.3, -0.25) is 14.5 Å². The van der Waals surface area contributed by atoms with E-state index in [1.54, 1.807) is 6.92 Å². The first-order valence-corrected chi connectivity index (χ1v) is 4.32. The van der Waals surface area contributed by atoms with Crippen LogP contribution in [-0.4, -0.2) is 57.9 Å². The lowest BCUT2D eigenvalue weighted by atomic mass is 10.2. The Kier molecular flexibility index (Phi) is 5.82. The van der Waals surface area contributed by atoms with Gasteiger partial charge in [0, 0.05) is 6.54 Å². The Bertz CT molecular complexity index is 206. The molecule has 0 fully saturated rings. The topological polar surface area (TPSA) is 98.1 Å². The van der Waals surface area contributed by atoms with Gasteiger partial charge < -0.3 is 15.3 Å². The number of nitrogens with zero attached hydrogens (tertiary/aromatic N) is 1. The van der Waals surface area contributed by atoms with Crippen LogP contribution in [0.2, 0.25) is 0 Å². The van der Waals surface area contributed by atoms with Crippen molar-refractivity contribution >= 4 is 11.9 Å². The summed E-state index contributed by atoms with van der Waals surface area (Å²) in [5.74, 6) is -2.17. The van der Waals surface area contributed by atoms with E-state index >= 15 is 0 Å². The smallest absolute Gasteiger partial charge is 0.320 e. The molecule has 0 bridgehead atoms. The molecule has 0 heterocycles. The Balaban J connectivity index is 4.42. The first-order valence-electron chi connectivity index (χ1n) is 4.32. The van der Waals surface area contributed by atoms with Gasteiger partial charge >= 0.3 is 11.9 Å². The van der Waals surface area contributed by atoms with Crippen molar-refractivity contribution in [3.05, 3.63) is 0 Å². The number of rotatable bonds is 7. The van der Waals surface area contributed by atoms with Crippen molar-refractivity contribution in [2.75, 3.05) is 19.7 Å². The lowest BCUT2D eigenvalue weighted by molar-refractivity contribution is -0.146. The second-order valence-corrected chi connectivity index (χ2v) is 2.85. The quantitative estimate of drug-likeness (QED) is 0.504. The fourth-order valence-electron chi connectivity index (χ4n) is 1.24. The summed E-state index contributed by atoms with van der Waals surface area (Å²) in [6.45, 7) is 1.09. The van der Waals surface area contributed by atoms with Crippen molar-refractivity contribution < 1.29 is 24.9 Å². The van der Waals surface area contributed by atoms with Crippen molar-refractivity contribution in [2.45, 2.75) is 19.4 Å².